The van der Waals surface area contributed by atoms with E-state index in [0.717, 1.165) is 5.52 Å². The first kappa shape index (κ1) is 13.2. The molecule has 5 heteroatoms. The summed E-state index contributed by atoms with van der Waals surface area (Å²) in [7, 11) is 0. The number of hydrogen-bond acceptors (Lipinski definition) is 3. The predicted molar refractivity (Wildman–Crippen MR) is 79.2 cm³/mol. The van der Waals surface area contributed by atoms with E-state index in [1.807, 2.05) is 24.3 Å². The van der Waals surface area contributed by atoms with Crippen LogP contribution >= 0.6 is 0 Å². The first-order valence-corrected chi connectivity index (χ1v) is 6.57. The van der Waals surface area contributed by atoms with Gasteiger partial charge in [-0.3, -0.25) is 0 Å². The summed E-state index contributed by atoms with van der Waals surface area (Å²) in [4.78, 5) is 15.9. The summed E-state index contributed by atoms with van der Waals surface area (Å²) in [5, 5.41) is 19.4. The second kappa shape index (κ2) is 4.94. The van der Waals surface area contributed by atoms with Crippen molar-refractivity contribution in [2.24, 2.45) is 0 Å². The van der Waals surface area contributed by atoms with Gasteiger partial charge in [-0.05, 0) is 31.2 Å². The summed E-state index contributed by atoms with van der Waals surface area (Å²) >= 11 is 0. The molecule has 0 aliphatic carbocycles. The van der Waals surface area contributed by atoms with Gasteiger partial charge < -0.3 is 14.8 Å². The zero-order valence-corrected chi connectivity index (χ0v) is 11.4. The lowest BCUT2D eigenvalue weighted by molar-refractivity contribution is -0.140. The number of carbonyl (C=O) groups is 1. The van der Waals surface area contributed by atoms with Crippen LogP contribution in [0.1, 0.15) is 13.0 Å². The average molecular weight is 282 g/mol. The van der Waals surface area contributed by atoms with Gasteiger partial charge in [0.25, 0.3) is 0 Å². The second-order valence-electron chi connectivity index (χ2n) is 4.83. The number of hydrogen-bond donors (Lipinski definition) is 2. The lowest BCUT2D eigenvalue weighted by atomic mass is 10.1. The Labute approximate surface area is 121 Å². The van der Waals surface area contributed by atoms with Crippen LogP contribution in [0.3, 0.4) is 0 Å². The van der Waals surface area contributed by atoms with Crippen LogP contribution in [-0.2, 0) is 4.79 Å². The fourth-order valence-corrected chi connectivity index (χ4v) is 2.40. The van der Waals surface area contributed by atoms with Gasteiger partial charge in [-0.2, -0.15) is 0 Å². The standard InChI is InChI=1S/C16H14N2O3/c1-10(16(20)21)18-13-8-4-3-7-12(13)17-15(18)11-6-2-5-9-14(11)19/h2-10,19H,1H3,(H,20,21). The van der Waals surface area contributed by atoms with Crippen molar-refractivity contribution < 1.29 is 15.0 Å². The highest BCUT2D eigenvalue weighted by Crippen LogP contribution is 2.33. The van der Waals surface area contributed by atoms with Crippen molar-refractivity contribution in [2.75, 3.05) is 0 Å². The minimum Gasteiger partial charge on any atom is -0.507 e. The third kappa shape index (κ3) is 2.12. The largest absolute Gasteiger partial charge is 0.507 e. The van der Waals surface area contributed by atoms with Gasteiger partial charge in [0.1, 0.15) is 17.6 Å². The second-order valence-corrected chi connectivity index (χ2v) is 4.83. The van der Waals surface area contributed by atoms with Gasteiger partial charge in [-0.1, -0.05) is 24.3 Å². The number of nitrogens with zero attached hydrogens (tertiary/aromatic N) is 2. The van der Waals surface area contributed by atoms with E-state index in [4.69, 9.17) is 0 Å². The third-order valence-electron chi connectivity index (χ3n) is 3.49. The molecule has 0 spiro atoms. The van der Waals surface area contributed by atoms with Crippen LogP contribution in [-0.4, -0.2) is 25.7 Å². The molecule has 0 aliphatic heterocycles. The summed E-state index contributed by atoms with van der Waals surface area (Å²) in [5.41, 5.74) is 1.94. The SMILES string of the molecule is CC(C(=O)O)n1c(-c2ccccc2O)nc2ccccc21. The average Bonchev–Trinajstić information content (AvgIpc) is 2.85. The summed E-state index contributed by atoms with van der Waals surface area (Å²) < 4.78 is 1.63. The maximum absolute atomic E-state index is 11.4. The molecule has 1 heterocycles. The van der Waals surface area contributed by atoms with Gasteiger partial charge in [0.05, 0.1) is 16.6 Å². The van der Waals surface area contributed by atoms with E-state index < -0.39 is 12.0 Å². The van der Waals surface area contributed by atoms with Gasteiger partial charge in [0, 0.05) is 0 Å². The fraction of sp³-hybridized carbons (Fsp3) is 0.125. The molecule has 0 amide bonds. The highest BCUT2D eigenvalue weighted by molar-refractivity contribution is 5.85. The molecule has 2 N–H and O–H groups in total. The molecule has 21 heavy (non-hydrogen) atoms. The van der Waals surface area contributed by atoms with Crippen molar-refractivity contribution in [2.45, 2.75) is 13.0 Å². The van der Waals surface area contributed by atoms with Crippen LogP contribution < -0.4 is 0 Å². The van der Waals surface area contributed by atoms with Gasteiger partial charge >= 0.3 is 5.97 Å². The topological polar surface area (TPSA) is 75.3 Å². The maximum Gasteiger partial charge on any atom is 0.326 e. The molecule has 1 unspecified atom stereocenters. The van der Waals surface area contributed by atoms with Gasteiger partial charge in [-0.25, -0.2) is 9.78 Å². The Kier molecular flexibility index (Phi) is 3.10. The predicted octanol–water partition coefficient (Wildman–Crippen LogP) is 3.05. The molecule has 0 aliphatic rings. The molecule has 1 aromatic heterocycles. The Hall–Kier alpha value is -2.82. The number of phenolic OH excluding ortho intramolecular Hbond substituents is 1. The van der Waals surface area contributed by atoms with E-state index in [1.54, 1.807) is 35.8 Å². The lowest BCUT2D eigenvalue weighted by Crippen LogP contribution is -2.16. The Balaban J connectivity index is 2.34. The molecule has 0 fully saturated rings. The number of carboxylic acids is 1. The van der Waals surface area contributed by atoms with Gasteiger partial charge in [0.15, 0.2) is 0 Å². The number of aromatic hydroxyl groups is 1. The van der Waals surface area contributed by atoms with Crippen LogP contribution in [0.5, 0.6) is 5.75 Å². The smallest absolute Gasteiger partial charge is 0.326 e. The molecule has 0 saturated carbocycles. The van der Waals surface area contributed by atoms with Crippen molar-refractivity contribution >= 4 is 17.0 Å². The first-order valence-electron chi connectivity index (χ1n) is 6.57. The quantitative estimate of drug-likeness (QED) is 0.774. The normalized spacial score (nSPS) is 12.4. The molecule has 106 valence electrons. The summed E-state index contributed by atoms with van der Waals surface area (Å²) in [6.07, 6.45) is 0. The lowest BCUT2D eigenvalue weighted by Gasteiger charge is -2.14. The molecule has 3 aromatic rings. The Bertz CT molecular complexity index is 823. The van der Waals surface area contributed by atoms with Crippen LogP contribution in [0.15, 0.2) is 48.5 Å². The Morgan fingerprint density at radius 3 is 2.52 bits per heavy atom. The van der Waals surface area contributed by atoms with Crippen molar-refractivity contribution in [1.82, 2.24) is 9.55 Å². The summed E-state index contributed by atoms with van der Waals surface area (Å²) in [6.45, 7) is 1.60. The molecular weight excluding hydrogens is 268 g/mol. The van der Waals surface area contributed by atoms with E-state index in [9.17, 15) is 15.0 Å². The molecule has 0 bridgehead atoms. The Morgan fingerprint density at radius 2 is 1.81 bits per heavy atom. The zero-order valence-electron chi connectivity index (χ0n) is 11.4. The molecule has 3 rings (SSSR count). The number of imidazole rings is 1. The highest BCUT2D eigenvalue weighted by Gasteiger charge is 2.22. The van der Waals surface area contributed by atoms with E-state index in [-0.39, 0.29) is 5.75 Å². The van der Waals surface area contributed by atoms with Crippen LogP contribution in [0.25, 0.3) is 22.4 Å². The number of rotatable bonds is 3. The maximum atomic E-state index is 11.4. The summed E-state index contributed by atoms with van der Waals surface area (Å²) in [6, 6.07) is 13.3. The van der Waals surface area contributed by atoms with E-state index in [0.29, 0.717) is 16.9 Å². The zero-order chi connectivity index (χ0) is 15.0. The number of carboxylic acid groups (broad SMARTS) is 1. The molecule has 1 atom stereocenters. The fourth-order valence-electron chi connectivity index (χ4n) is 2.40. The molecule has 0 radical (unpaired) electrons. The van der Waals surface area contributed by atoms with E-state index in [1.165, 1.54) is 0 Å². The third-order valence-corrected chi connectivity index (χ3v) is 3.49. The number of aliphatic carboxylic acids is 1. The van der Waals surface area contributed by atoms with Crippen LogP contribution in [0, 0.1) is 0 Å². The van der Waals surface area contributed by atoms with Crippen molar-refractivity contribution in [1.29, 1.82) is 0 Å². The van der Waals surface area contributed by atoms with Crippen molar-refractivity contribution in [3.05, 3.63) is 48.5 Å². The molecule has 5 nitrogen and oxygen atoms in total. The minimum absolute atomic E-state index is 0.0756. The van der Waals surface area contributed by atoms with E-state index >= 15 is 0 Å². The summed E-state index contributed by atoms with van der Waals surface area (Å²) in [5.74, 6) is -0.425. The monoisotopic (exact) mass is 282 g/mol. The van der Waals surface area contributed by atoms with Gasteiger partial charge in [0.2, 0.25) is 0 Å². The van der Waals surface area contributed by atoms with E-state index in [2.05, 4.69) is 4.98 Å². The number of fused-ring (bicyclic) bond motifs is 1. The highest BCUT2D eigenvalue weighted by atomic mass is 16.4. The minimum atomic E-state index is -0.949. The van der Waals surface area contributed by atoms with Crippen LogP contribution in [0.2, 0.25) is 0 Å². The number of aromatic nitrogens is 2. The van der Waals surface area contributed by atoms with Crippen LogP contribution in [0.4, 0.5) is 0 Å². The Morgan fingerprint density at radius 1 is 1.14 bits per heavy atom. The first-order chi connectivity index (χ1) is 10.1. The van der Waals surface area contributed by atoms with Crippen molar-refractivity contribution in [3.63, 3.8) is 0 Å². The number of benzene rings is 2. The molecule has 0 saturated heterocycles. The number of para-hydroxylation sites is 3. The van der Waals surface area contributed by atoms with Gasteiger partial charge in [-0.15, -0.1) is 0 Å². The van der Waals surface area contributed by atoms with Crippen molar-refractivity contribution in [3.8, 4) is 17.1 Å². The molecule has 2 aromatic carbocycles. The number of phenols is 1. The molecular formula is C16H14N2O3.